The summed E-state index contributed by atoms with van der Waals surface area (Å²) >= 11 is 0. The topological polar surface area (TPSA) is 93.8 Å². The van der Waals surface area contributed by atoms with Gasteiger partial charge in [-0.15, -0.1) is 0 Å². The minimum absolute atomic E-state index is 0.0875. The number of nitrogens with zero attached hydrogens (tertiary/aromatic N) is 2. The molecule has 5 heteroatoms. The van der Waals surface area contributed by atoms with Crippen molar-refractivity contribution in [1.29, 1.82) is 10.5 Å². The Morgan fingerprint density at radius 2 is 1.43 bits per heavy atom. The third kappa shape index (κ3) is 2.37. The molecule has 0 amide bonds. The lowest BCUT2D eigenvalue weighted by Gasteiger charge is -2.17. The van der Waals surface area contributed by atoms with Gasteiger partial charge >= 0.3 is 0 Å². The van der Waals surface area contributed by atoms with E-state index in [2.05, 4.69) is 5.32 Å². The first kappa shape index (κ1) is 14.2. The van der Waals surface area contributed by atoms with Crippen LogP contribution in [0.25, 0.3) is 0 Å². The van der Waals surface area contributed by atoms with Crippen molar-refractivity contribution >= 4 is 17.3 Å². The van der Waals surface area contributed by atoms with Crippen LogP contribution in [0.5, 0.6) is 0 Å². The van der Waals surface area contributed by atoms with Crippen molar-refractivity contribution in [3.63, 3.8) is 0 Å². The smallest absolute Gasteiger partial charge is 0.194 e. The number of nitrogens with one attached hydrogen (secondary N) is 1. The summed E-state index contributed by atoms with van der Waals surface area (Å²) in [6, 6.07) is 14.9. The number of hydrogen-bond acceptors (Lipinski definition) is 5. The first-order chi connectivity index (χ1) is 11.2. The van der Waals surface area contributed by atoms with E-state index in [1.165, 1.54) is 6.20 Å². The fourth-order valence-corrected chi connectivity index (χ4v) is 2.43. The molecule has 0 aliphatic heterocycles. The quantitative estimate of drug-likeness (QED) is 0.734. The first-order valence-electron chi connectivity index (χ1n) is 6.75. The van der Waals surface area contributed by atoms with E-state index in [1.807, 2.05) is 0 Å². The summed E-state index contributed by atoms with van der Waals surface area (Å²) in [6.07, 6.45) is 1.25. The number of nitriles is 2. The van der Waals surface area contributed by atoms with Gasteiger partial charge in [-0.25, -0.2) is 0 Å². The summed E-state index contributed by atoms with van der Waals surface area (Å²) in [5, 5.41) is 20.2. The molecule has 23 heavy (non-hydrogen) atoms. The van der Waals surface area contributed by atoms with Gasteiger partial charge < -0.3 is 5.32 Å². The predicted molar refractivity (Wildman–Crippen MR) is 82.7 cm³/mol. The van der Waals surface area contributed by atoms with Crippen molar-refractivity contribution in [3.05, 3.63) is 76.5 Å². The average molecular weight is 299 g/mol. The zero-order chi connectivity index (χ0) is 16.4. The number of carbonyl (C=O) groups is 2. The molecule has 3 rings (SSSR count). The van der Waals surface area contributed by atoms with E-state index in [1.54, 1.807) is 54.6 Å². The number of carbonyl (C=O) groups excluding carboxylic acids is 2. The van der Waals surface area contributed by atoms with E-state index in [9.17, 15) is 9.59 Å². The van der Waals surface area contributed by atoms with Crippen LogP contribution < -0.4 is 5.32 Å². The number of fused-ring (bicyclic) bond motifs is 2. The Balaban J connectivity index is 2.03. The zero-order valence-corrected chi connectivity index (χ0v) is 11.8. The Hall–Kier alpha value is -3.70. The number of ketones is 2. The van der Waals surface area contributed by atoms with E-state index in [0.29, 0.717) is 27.9 Å². The SMILES string of the molecule is N#CC(C#N)=CNc1ccc2c(c1)C(=O)c1ccccc1C2=O. The summed E-state index contributed by atoms with van der Waals surface area (Å²) in [5.74, 6) is -0.407. The standard InChI is InChI=1S/C18H9N3O2/c19-8-11(9-20)10-21-12-5-6-15-16(7-12)18(23)14-4-2-1-3-13(14)17(15)22/h1-7,10,21H. The highest BCUT2D eigenvalue weighted by molar-refractivity contribution is 6.28. The second-order valence-electron chi connectivity index (χ2n) is 4.89. The van der Waals surface area contributed by atoms with Crippen LogP contribution in [0, 0.1) is 22.7 Å². The molecule has 0 fully saturated rings. The maximum atomic E-state index is 12.6. The van der Waals surface area contributed by atoms with Gasteiger partial charge in [0.2, 0.25) is 0 Å². The van der Waals surface area contributed by atoms with Gasteiger partial charge in [0.15, 0.2) is 11.6 Å². The van der Waals surface area contributed by atoms with Gasteiger partial charge in [0.05, 0.1) is 0 Å². The molecule has 0 saturated carbocycles. The van der Waals surface area contributed by atoms with Gasteiger partial charge in [-0.3, -0.25) is 9.59 Å². The minimum Gasteiger partial charge on any atom is -0.360 e. The molecule has 5 nitrogen and oxygen atoms in total. The molecule has 2 aromatic rings. The third-order valence-electron chi connectivity index (χ3n) is 3.55. The summed E-state index contributed by atoms with van der Waals surface area (Å²) in [7, 11) is 0. The Morgan fingerprint density at radius 1 is 0.870 bits per heavy atom. The largest absolute Gasteiger partial charge is 0.360 e. The van der Waals surface area contributed by atoms with Crippen LogP contribution in [0.4, 0.5) is 5.69 Å². The van der Waals surface area contributed by atoms with E-state index >= 15 is 0 Å². The number of allylic oxidation sites excluding steroid dienone is 1. The summed E-state index contributed by atoms with van der Waals surface area (Å²) in [5.41, 5.74) is 1.88. The second-order valence-corrected chi connectivity index (χ2v) is 4.89. The molecule has 2 aromatic carbocycles. The lowest BCUT2D eigenvalue weighted by atomic mass is 9.84. The highest BCUT2D eigenvalue weighted by atomic mass is 16.1. The Kier molecular flexibility index (Phi) is 3.46. The normalized spacial score (nSPS) is 11.6. The molecule has 0 unspecified atom stereocenters. The van der Waals surface area contributed by atoms with Gasteiger partial charge in [-0.1, -0.05) is 24.3 Å². The Morgan fingerprint density at radius 3 is 2.04 bits per heavy atom. The molecule has 0 heterocycles. The number of benzene rings is 2. The summed E-state index contributed by atoms with van der Waals surface area (Å²) in [4.78, 5) is 25.0. The second kappa shape index (κ2) is 5.59. The van der Waals surface area contributed by atoms with Crippen molar-refractivity contribution in [2.45, 2.75) is 0 Å². The first-order valence-corrected chi connectivity index (χ1v) is 6.75. The maximum Gasteiger partial charge on any atom is 0.194 e. The van der Waals surface area contributed by atoms with Gasteiger partial charge in [-0.2, -0.15) is 10.5 Å². The summed E-state index contributed by atoms with van der Waals surface area (Å²) in [6.45, 7) is 0. The van der Waals surface area contributed by atoms with E-state index in [0.717, 1.165) is 0 Å². The van der Waals surface area contributed by atoms with Crippen LogP contribution in [-0.2, 0) is 0 Å². The van der Waals surface area contributed by atoms with Crippen molar-refractivity contribution in [3.8, 4) is 12.1 Å². The molecular weight excluding hydrogens is 290 g/mol. The fraction of sp³-hybridized carbons (Fsp3) is 0. The van der Waals surface area contributed by atoms with Crippen molar-refractivity contribution < 1.29 is 9.59 Å². The number of anilines is 1. The zero-order valence-electron chi connectivity index (χ0n) is 11.8. The third-order valence-corrected chi connectivity index (χ3v) is 3.55. The van der Waals surface area contributed by atoms with E-state index in [4.69, 9.17) is 10.5 Å². The summed E-state index contributed by atoms with van der Waals surface area (Å²) < 4.78 is 0. The van der Waals surface area contributed by atoms with Crippen molar-refractivity contribution in [2.24, 2.45) is 0 Å². The molecule has 108 valence electrons. The van der Waals surface area contributed by atoms with Crippen LogP contribution in [0.3, 0.4) is 0 Å². The van der Waals surface area contributed by atoms with E-state index in [-0.39, 0.29) is 17.1 Å². The van der Waals surface area contributed by atoms with Crippen molar-refractivity contribution in [1.82, 2.24) is 0 Å². The number of hydrogen-bond donors (Lipinski definition) is 1. The average Bonchev–Trinajstić information content (AvgIpc) is 2.60. The maximum absolute atomic E-state index is 12.6. The molecule has 0 radical (unpaired) electrons. The Labute approximate surface area is 132 Å². The van der Waals surface area contributed by atoms with Crippen LogP contribution in [0.1, 0.15) is 31.8 Å². The lowest BCUT2D eigenvalue weighted by Crippen LogP contribution is -2.20. The molecule has 0 atom stereocenters. The predicted octanol–water partition coefficient (Wildman–Crippen LogP) is 2.80. The number of rotatable bonds is 2. The molecule has 1 aliphatic rings. The highest BCUT2D eigenvalue weighted by Gasteiger charge is 2.29. The van der Waals surface area contributed by atoms with Crippen LogP contribution >= 0.6 is 0 Å². The highest BCUT2D eigenvalue weighted by Crippen LogP contribution is 2.29. The van der Waals surface area contributed by atoms with Crippen LogP contribution in [-0.4, -0.2) is 11.6 Å². The lowest BCUT2D eigenvalue weighted by molar-refractivity contribution is 0.0979. The molecule has 1 N–H and O–H groups in total. The molecular formula is C18H9N3O2. The van der Waals surface area contributed by atoms with Gasteiger partial charge in [-0.05, 0) is 18.2 Å². The van der Waals surface area contributed by atoms with Crippen LogP contribution in [0.15, 0.2) is 54.2 Å². The van der Waals surface area contributed by atoms with Gasteiger partial charge in [0.1, 0.15) is 17.7 Å². The van der Waals surface area contributed by atoms with Crippen LogP contribution in [0.2, 0.25) is 0 Å². The van der Waals surface area contributed by atoms with Crippen molar-refractivity contribution in [2.75, 3.05) is 5.32 Å². The fourth-order valence-electron chi connectivity index (χ4n) is 2.43. The monoisotopic (exact) mass is 299 g/mol. The molecule has 0 spiro atoms. The molecule has 0 bridgehead atoms. The molecule has 0 saturated heterocycles. The van der Waals surface area contributed by atoms with E-state index < -0.39 is 0 Å². The minimum atomic E-state index is -0.219. The molecule has 0 aromatic heterocycles. The molecule has 1 aliphatic carbocycles. The van der Waals surface area contributed by atoms with Gasteiger partial charge in [0.25, 0.3) is 0 Å². The Bertz CT molecular complexity index is 943. The van der Waals surface area contributed by atoms with Gasteiger partial charge in [0, 0.05) is 34.1 Å².